The smallest absolute Gasteiger partial charge is 0.223 e. The van der Waals surface area contributed by atoms with E-state index in [9.17, 15) is 13.2 Å². The van der Waals surface area contributed by atoms with Gasteiger partial charge >= 0.3 is 0 Å². The lowest BCUT2D eigenvalue weighted by atomic mass is 9.97. The highest BCUT2D eigenvalue weighted by Gasteiger charge is 2.29. The van der Waals surface area contributed by atoms with Crippen LogP contribution >= 0.6 is 0 Å². The van der Waals surface area contributed by atoms with Gasteiger partial charge in [0.15, 0.2) is 0 Å². The molecular weight excluding hydrogens is 300 g/mol. The molecule has 0 saturated carbocycles. The highest BCUT2D eigenvalue weighted by Crippen LogP contribution is 2.20. The molecule has 1 aromatic rings. The number of sulfonamides is 1. The van der Waals surface area contributed by atoms with Gasteiger partial charge in [0.2, 0.25) is 15.9 Å². The van der Waals surface area contributed by atoms with Crippen LogP contribution in [0.3, 0.4) is 0 Å². The number of nitrogens with zero attached hydrogens (tertiary/aromatic N) is 1. The Morgan fingerprint density at radius 1 is 1.23 bits per heavy atom. The number of amides is 1. The SMILES string of the molecule is CCS(=O)(=O)N1CCC(C(=O)NCc2ccc(C)cc2)CC1. The molecule has 5 nitrogen and oxygen atoms in total. The van der Waals surface area contributed by atoms with Gasteiger partial charge < -0.3 is 5.32 Å². The molecule has 0 radical (unpaired) electrons. The van der Waals surface area contributed by atoms with Crippen LogP contribution in [-0.4, -0.2) is 37.5 Å². The topological polar surface area (TPSA) is 66.5 Å². The van der Waals surface area contributed by atoms with Crippen molar-refractivity contribution in [1.29, 1.82) is 0 Å². The number of piperidine rings is 1. The van der Waals surface area contributed by atoms with E-state index in [2.05, 4.69) is 5.32 Å². The Morgan fingerprint density at radius 3 is 2.36 bits per heavy atom. The Morgan fingerprint density at radius 2 is 1.82 bits per heavy atom. The minimum atomic E-state index is -3.13. The molecule has 1 heterocycles. The highest BCUT2D eigenvalue weighted by atomic mass is 32.2. The lowest BCUT2D eigenvalue weighted by molar-refractivity contribution is -0.126. The largest absolute Gasteiger partial charge is 0.352 e. The summed E-state index contributed by atoms with van der Waals surface area (Å²) in [6.45, 7) is 5.08. The van der Waals surface area contributed by atoms with Crippen molar-refractivity contribution in [2.75, 3.05) is 18.8 Å². The molecule has 6 heteroatoms. The van der Waals surface area contributed by atoms with Crippen LogP contribution in [0.1, 0.15) is 30.9 Å². The van der Waals surface area contributed by atoms with Gasteiger partial charge in [-0.1, -0.05) is 29.8 Å². The molecule has 122 valence electrons. The summed E-state index contributed by atoms with van der Waals surface area (Å²) in [6.07, 6.45) is 1.19. The van der Waals surface area contributed by atoms with E-state index >= 15 is 0 Å². The van der Waals surface area contributed by atoms with Crippen LogP contribution < -0.4 is 5.32 Å². The van der Waals surface area contributed by atoms with Crippen molar-refractivity contribution < 1.29 is 13.2 Å². The summed E-state index contributed by atoms with van der Waals surface area (Å²) >= 11 is 0. The monoisotopic (exact) mass is 324 g/mol. The summed E-state index contributed by atoms with van der Waals surface area (Å²) in [5.41, 5.74) is 2.27. The molecule has 1 fully saturated rings. The van der Waals surface area contributed by atoms with Gasteiger partial charge in [-0.05, 0) is 32.3 Å². The maximum Gasteiger partial charge on any atom is 0.223 e. The van der Waals surface area contributed by atoms with Crippen LogP contribution in [0.15, 0.2) is 24.3 Å². The second kappa shape index (κ2) is 7.24. The maximum atomic E-state index is 12.2. The fourth-order valence-corrected chi connectivity index (χ4v) is 3.75. The maximum absolute atomic E-state index is 12.2. The van der Waals surface area contributed by atoms with Crippen LogP contribution in [0.5, 0.6) is 0 Å². The molecule has 0 atom stereocenters. The standard InChI is InChI=1S/C16H24N2O3S/c1-3-22(20,21)18-10-8-15(9-11-18)16(19)17-12-14-6-4-13(2)5-7-14/h4-7,15H,3,8-12H2,1-2H3,(H,17,19). The van der Waals surface area contributed by atoms with Gasteiger partial charge in [-0.3, -0.25) is 4.79 Å². The van der Waals surface area contributed by atoms with Gasteiger partial charge in [0.1, 0.15) is 0 Å². The van der Waals surface area contributed by atoms with Gasteiger partial charge in [0, 0.05) is 25.6 Å². The highest BCUT2D eigenvalue weighted by molar-refractivity contribution is 7.89. The first-order chi connectivity index (χ1) is 10.4. The quantitative estimate of drug-likeness (QED) is 0.896. The minimum absolute atomic E-state index is 0.0223. The predicted octanol–water partition coefficient (Wildman–Crippen LogP) is 1.67. The first-order valence-electron chi connectivity index (χ1n) is 7.73. The second-order valence-electron chi connectivity index (χ2n) is 5.78. The number of benzene rings is 1. The number of carbonyl (C=O) groups excluding carboxylic acids is 1. The van der Waals surface area contributed by atoms with E-state index in [4.69, 9.17) is 0 Å². The van der Waals surface area contributed by atoms with Gasteiger partial charge in [-0.15, -0.1) is 0 Å². The fraction of sp³-hybridized carbons (Fsp3) is 0.562. The van der Waals surface area contributed by atoms with Gasteiger partial charge in [-0.25, -0.2) is 12.7 Å². The van der Waals surface area contributed by atoms with Crippen LogP contribution in [0, 0.1) is 12.8 Å². The molecule has 0 unspecified atom stereocenters. The molecule has 0 bridgehead atoms. The van der Waals surface area contributed by atoms with Crippen LogP contribution in [0.2, 0.25) is 0 Å². The number of carbonyl (C=O) groups is 1. The van der Waals surface area contributed by atoms with E-state index in [0.29, 0.717) is 32.5 Å². The normalized spacial score (nSPS) is 17.4. The van der Waals surface area contributed by atoms with Crippen molar-refractivity contribution in [1.82, 2.24) is 9.62 Å². The third-order valence-corrected chi connectivity index (χ3v) is 6.05. The third kappa shape index (κ3) is 4.30. The molecular formula is C16H24N2O3S. The molecule has 0 spiro atoms. The van der Waals surface area contributed by atoms with E-state index < -0.39 is 10.0 Å². The number of nitrogens with one attached hydrogen (secondary N) is 1. The average Bonchev–Trinajstić information content (AvgIpc) is 2.54. The molecule has 0 aliphatic carbocycles. The van der Waals surface area contributed by atoms with Crippen LogP contribution in [-0.2, 0) is 21.4 Å². The zero-order valence-corrected chi connectivity index (χ0v) is 14.0. The third-order valence-electron chi connectivity index (χ3n) is 4.17. The summed E-state index contributed by atoms with van der Waals surface area (Å²) in [5, 5.41) is 2.95. The van der Waals surface area contributed by atoms with E-state index in [0.717, 1.165) is 5.56 Å². The lowest BCUT2D eigenvalue weighted by Gasteiger charge is -2.30. The van der Waals surface area contributed by atoms with Crippen molar-refractivity contribution in [3.05, 3.63) is 35.4 Å². The van der Waals surface area contributed by atoms with E-state index in [-0.39, 0.29) is 17.6 Å². The van der Waals surface area contributed by atoms with Crippen molar-refractivity contribution >= 4 is 15.9 Å². The lowest BCUT2D eigenvalue weighted by Crippen LogP contribution is -2.43. The van der Waals surface area contributed by atoms with E-state index in [1.165, 1.54) is 9.87 Å². The Balaban J connectivity index is 1.81. The molecule has 1 aromatic carbocycles. The zero-order chi connectivity index (χ0) is 16.2. The number of hydrogen-bond acceptors (Lipinski definition) is 3. The summed E-state index contributed by atoms with van der Waals surface area (Å²) in [7, 11) is -3.13. The van der Waals surface area contributed by atoms with Gasteiger partial charge in [0.25, 0.3) is 0 Å². The molecule has 2 rings (SSSR count). The molecule has 1 N–H and O–H groups in total. The summed E-state index contributed by atoms with van der Waals surface area (Å²) in [6, 6.07) is 8.06. The fourth-order valence-electron chi connectivity index (χ4n) is 2.62. The molecule has 1 aliphatic heterocycles. The molecule has 1 amide bonds. The van der Waals surface area contributed by atoms with Crippen LogP contribution in [0.25, 0.3) is 0 Å². The van der Waals surface area contributed by atoms with Crippen molar-refractivity contribution in [2.24, 2.45) is 5.92 Å². The summed E-state index contributed by atoms with van der Waals surface area (Å²) in [4.78, 5) is 12.2. The van der Waals surface area contributed by atoms with Crippen LogP contribution in [0.4, 0.5) is 0 Å². The van der Waals surface area contributed by atoms with Crippen molar-refractivity contribution in [3.63, 3.8) is 0 Å². The van der Waals surface area contributed by atoms with Crippen molar-refractivity contribution in [2.45, 2.75) is 33.2 Å². The summed E-state index contributed by atoms with van der Waals surface area (Å²) < 4.78 is 25.1. The first kappa shape index (κ1) is 17.0. The average molecular weight is 324 g/mol. The first-order valence-corrected chi connectivity index (χ1v) is 9.34. The Labute approximate surface area is 132 Å². The van der Waals surface area contributed by atoms with Gasteiger partial charge in [0.05, 0.1) is 5.75 Å². The Bertz CT molecular complexity index is 603. The second-order valence-corrected chi connectivity index (χ2v) is 8.03. The van der Waals surface area contributed by atoms with Crippen molar-refractivity contribution in [3.8, 4) is 0 Å². The molecule has 1 saturated heterocycles. The Hall–Kier alpha value is -1.40. The number of aryl methyl sites for hydroxylation is 1. The van der Waals surface area contributed by atoms with Gasteiger partial charge in [-0.2, -0.15) is 0 Å². The van der Waals surface area contributed by atoms with E-state index in [1.807, 2.05) is 31.2 Å². The minimum Gasteiger partial charge on any atom is -0.352 e. The Kier molecular flexibility index (Phi) is 5.58. The molecule has 1 aliphatic rings. The predicted molar refractivity (Wildman–Crippen MR) is 86.8 cm³/mol. The zero-order valence-electron chi connectivity index (χ0n) is 13.2. The van der Waals surface area contributed by atoms with E-state index in [1.54, 1.807) is 6.92 Å². The number of rotatable bonds is 5. The molecule has 0 aromatic heterocycles. The number of hydrogen-bond donors (Lipinski definition) is 1. The summed E-state index contributed by atoms with van der Waals surface area (Å²) in [5.74, 6) is 0.0555. The molecule has 22 heavy (non-hydrogen) atoms.